The fraction of sp³-hybridized carbons (Fsp3) is 0.667. The predicted octanol–water partition coefficient (Wildman–Crippen LogP) is 4.67. The van der Waals surface area contributed by atoms with Gasteiger partial charge in [-0.05, 0) is 62.3 Å². The highest BCUT2D eigenvalue weighted by molar-refractivity contribution is 5.55. The third kappa shape index (κ3) is 3.28. The van der Waals surface area contributed by atoms with Gasteiger partial charge in [-0.1, -0.05) is 19.8 Å². The summed E-state index contributed by atoms with van der Waals surface area (Å²) < 4.78 is 0. The second-order valence-electron chi connectivity index (χ2n) is 6.61. The molecule has 3 rings (SSSR count). The molecule has 1 aromatic rings. The molecule has 20 heavy (non-hydrogen) atoms. The molecule has 0 amide bonds. The lowest BCUT2D eigenvalue weighted by molar-refractivity contribution is 0.349. The van der Waals surface area contributed by atoms with Gasteiger partial charge in [0, 0.05) is 30.5 Å². The van der Waals surface area contributed by atoms with Gasteiger partial charge in [0.15, 0.2) is 0 Å². The molecule has 2 unspecified atom stereocenters. The van der Waals surface area contributed by atoms with Crippen molar-refractivity contribution in [3.63, 3.8) is 0 Å². The Morgan fingerprint density at radius 2 is 1.60 bits per heavy atom. The Morgan fingerprint density at radius 3 is 2.30 bits per heavy atom. The van der Waals surface area contributed by atoms with Crippen LogP contribution in [0.15, 0.2) is 24.3 Å². The zero-order valence-electron chi connectivity index (χ0n) is 12.8. The van der Waals surface area contributed by atoms with E-state index in [0.29, 0.717) is 6.04 Å². The Hall–Kier alpha value is -1.18. The van der Waals surface area contributed by atoms with Crippen LogP contribution in [0.2, 0.25) is 0 Å². The summed E-state index contributed by atoms with van der Waals surface area (Å²) in [7, 11) is 0. The molecule has 1 aromatic carbocycles. The summed E-state index contributed by atoms with van der Waals surface area (Å²) in [4.78, 5) is 2.52. The fourth-order valence-electron chi connectivity index (χ4n) is 3.67. The van der Waals surface area contributed by atoms with E-state index in [0.717, 1.165) is 5.92 Å². The van der Waals surface area contributed by atoms with Gasteiger partial charge in [0.1, 0.15) is 0 Å². The van der Waals surface area contributed by atoms with Crippen LogP contribution in [0.4, 0.5) is 11.4 Å². The van der Waals surface area contributed by atoms with Gasteiger partial charge >= 0.3 is 0 Å². The van der Waals surface area contributed by atoms with Gasteiger partial charge in [0.2, 0.25) is 0 Å². The quantitative estimate of drug-likeness (QED) is 0.860. The topological polar surface area (TPSA) is 15.3 Å². The monoisotopic (exact) mass is 272 g/mol. The third-order valence-corrected chi connectivity index (χ3v) is 5.05. The van der Waals surface area contributed by atoms with Gasteiger partial charge < -0.3 is 10.2 Å². The van der Waals surface area contributed by atoms with E-state index in [1.165, 1.54) is 69.4 Å². The lowest BCUT2D eigenvalue weighted by Gasteiger charge is -2.31. The molecule has 2 aliphatic rings. The first-order chi connectivity index (χ1) is 9.83. The molecule has 110 valence electrons. The summed E-state index contributed by atoms with van der Waals surface area (Å²) in [5.74, 6) is 0.811. The molecule has 0 spiro atoms. The Morgan fingerprint density at radius 1 is 0.900 bits per heavy atom. The van der Waals surface area contributed by atoms with Gasteiger partial charge in [-0.25, -0.2) is 0 Å². The summed E-state index contributed by atoms with van der Waals surface area (Å²) in [6, 6.07) is 9.79. The Balaban J connectivity index is 1.60. The van der Waals surface area contributed by atoms with Crippen molar-refractivity contribution in [1.29, 1.82) is 0 Å². The van der Waals surface area contributed by atoms with Crippen LogP contribution in [0, 0.1) is 5.92 Å². The van der Waals surface area contributed by atoms with Crippen molar-refractivity contribution >= 4 is 11.4 Å². The molecule has 2 fully saturated rings. The predicted molar refractivity (Wildman–Crippen MR) is 87.5 cm³/mol. The summed E-state index contributed by atoms with van der Waals surface area (Å²) >= 11 is 0. The first-order valence-electron chi connectivity index (χ1n) is 8.44. The highest BCUT2D eigenvalue weighted by atomic mass is 15.1. The Kier molecular flexibility index (Phi) is 4.49. The van der Waals surface area contributed by atoms with Crippen LogP contribution in [-0.2, 0) is 0 Å². The Labute approximate surface area is 123 Å². The number of piperidine rings is 1. The average Bonchev–Trinajstić information content (AvgIpc) is 2.51. The Bertz CT molecular complexity index is 406. The van der Waals surface area contributed by atoms with Crippen molar-refractivity contribution in [1.82, 2.24) is 0 Å². The molecule has 1 N–H and O–H groups in total. The van der Waals surface area contributed by atoms with Crippen LogP contribution in [0.1, 0.15) is 51.9 Å². The fourth-order valence-corrected chi connectivity index (χ4v) is 3.67. The van der Waals surface area contributed by atoms with Crippen LogP contribution in [0.5, 0.6) is 0 Å². The molecular weight excluding hydrogens is 244 g/mol. The molecule has 1 saturated heterocycles. The van der Waals surface area contributed by atoms with Crippen molar-refractivity contribution in [2.45, 2.75) is 57.9 Å². The van der Waals surface area contributed by atoms with Crippen molar-refractivity contribution in [3.8, 4) is 0 Å². The van der Waals surface area contributed by atoms with Crippen LogP contribution in [-0.4, -0.2) is 19.1 Å². The van der Waals surface area contributed by atoms with E-state index in [1.807, 2.05) is 0 Å². The molecule has 1 saturated carbocycles. The van der Waals surface area contributed by atoms with Crippen molar-refractivity contribution in [2.24, 2.45) is 5.92 Å². The van der Waals surface area contributed by atoms with E-state index in [-0.39, 0.29) is 0 Å². The summed E-state index contributed by atoms with van der Waals surface area (Å²) in [5, 5.41) is 3.74. The molecule has 1 heterocycles. The van der Waals surface area contributed by atoms with Gasteiger partial charge in [-0.15, -0.1) is 0 Å². The molecule has 2 atom stereocenters. The lowest BCUT2D eigenvalue weighted by Crippen LogP contribution is -2.30. The van der Waals surface area contributed by atoms with E-state index < -0.39 is 0 Å². The minimum absolute atomic E-state index is 0.671. The maximum atomic E-state index is 3.74. The maximum absolute atomic E-state index is 3.74. The van der Waals surface area contributed by atoms with Gasteiger partial charge in [-0.3, -0.25) is 0 Å². The number of nitrogens with zero attached hydrogens (tertiary/aromatic N) is 1. The number of benzene rings is 1. The number of rotatable bonds is 3. The van der Waals surface area contributed by atoms with Crippen LogP contribution in [0.3, 0.4) is 0 Å². The first-order valence-corrected chi connectivity index (χ1v) is 8.44. The van der Waals surface area contributed by atoms with Crippen molar-refractivity contribution in [2.75, 3.05) is 23.3 Å². The molecule has 0 bridgehead atoms. The van der Waals surface area contributed by atoms with E-state index in [1.54, 1.807) is 0 Å². The number of hydrogen-bond acceptors (Lipinski definition) is 2. The van der Waals surface area contributed by atoms with Crippen LogP contribution in [0.25, 0.3) is 0 Å². The molecule has 2 nitrogen and oxygen atoms in total. The normalized spacial score (nSPS) is 27.4. The highest BCUT2D eigenvalue weighted by Crippen LogP contribution is 2.28. The first kappa shape index (κ1) is 13.8. The SMILES string of the molecule is CC1CCCCC1Nc1ccc(N2CCCCC2)cc1. The number of anilines is 2. The largest absolute Gasteiger partial charge is 0.382 e. The highest BCUT2D eigenvalue weighted by Gasteiger charge is 2.20. The standard InChI is InChI=1S/C18H28N2/c1-15-7-3-4-8-18(15)19-16-9-11-17(12-10-16)20-13-5-2-6-14-20/h9-12,15,18-19H,2-8,13-14H2,1H3. The zero-order valence-corrected chi connectivity index (χ0v) is 12.8. The van der Waals surface area contributed by atoms with E-state index in [2.05, 4.69) is 41.4 Å². The zero-order chi connectivity index (χ0) is 13.8. The van der Waals surface area contributed by atoms with Crippen LogP contribution >= 0.6 is 0 Å². The van der Waals surface area contributed by atoms with Gasteiger partial charge in [0.25, 0.3) is 0 Å². The second kappa shape index (κ2) is 6.51. The van der Waals surface area contributed by atoms with Crippen LogP contribution < -0.4 is 10.2 Å². The smallest absolute Gasteiger partial charge is 0.0367 e. The summed E-state index contributed by atoms with van der Waals surface area (Å²) in [5.41, 5.74) is 2.69. The minimum Gasteiger partial charge on any atom is -0.382 e. The van der Waals surface area contributed by atoms with E-state index in [9.17, 15) is 0 Å². The average molecular weight is 272 g/mol. The lowest BCUT2D eigenvalue weighted by atomic mass is 9.86. The number of nitrogens with one attached hydrogen (secondary N) is 1. The van der Waals surface area contributed by atoms with Crippen molar-refractivity contribution < 1.29 is 0 Å². The second-order valence-corrected chi connectivity index (χ2v) is 6.61. The molecule has 1 aliphatic heterocycles. The molecule has 1 aliphatic carbocycles. The summed E-state index contributed by atoms with van der Waals surface area (Å²) in [6.45, 7) is 4.85. The van der Waals surface area contributed by atoms with Crippen molar-refractivity contribution in [3.05, 3.63) is 24.3 Å². The molecule has 2 heteroatoms. The maximum Gasteiger partial charge on any atom is 0.0367 e. The summed E-state index contributed by atoms with van der Waals surface area (Å²) in [6.07, 6.45) is 9.59. The van der Waals surface area contributed by atoms with Gasteiger partial charge in [0.05, 0.1) is 0 Å². The minimum atomic E-state index is 0.671. The third-order valence-electron chi connectivity index (χ3n) is 5.05. The van der Waals surface area contributed by atoms with Gasteiger partial charge in [-0.2, -0.15) is 0 Å². The molecule has 0 aromatic heterocycles. The van der Waals surface area contributed by atoms with E-state index >= 15 is 0 Å². The van der Waals surface area contributed by atoms with E-state index in [4.69, 9.17) is 0 Å². The molecular formula is C18H28N2. The number of hydrogen-bond donors (Lipinski definition) is 1. The molecule has 0 radical (unpaired) electrons.